The highest BCUT2D eigenvalue weighted by Gasteiger charge is 2.25. The Labute approximate surface area is 132 Å². The van der Waals surface area contributed by atoms with Crippen molar-refractivity contribution in [2.24, 2.45) is 0 Å². The van der Waals surface area contributed by atoms with Gasteiger partial charge in [-0.15, -0.1) is 11.3 Å². The van der Waals surface area contributed by atoms with Gasteiger partial charge in [-0.2, -0.15) is 0 Å². The number of carbonyl (C=O) groups excluding carboxylic acids is 1. The molecule has 3 heterocycles. The Morgan fingerprint density at radius 1 is 1.45 bits per heavy atom. The normalized spacial score (nSPS) is 14.0. The van der Waals surface area contributed by atoms with Gasteiger partial charge in [-0.25, -0.2) is 4.98 Å². The average molecular weight is 315 g/mol. The van der Waals surface area contributed by atoms with Crippen molar-refractivity contribution in [3.05, 3.63) is 58.2 Å². The number of hydrogen-bond acceptors (Lipinski definition) is 4. The van der Waals surface area contributed by atoms with Crippen LogP contribution < -0.4 is 5.32 Å². The summed E-state index contributed by atoms with van der Waals surface area (Å²) >= 11 is 1.46. The van der Waals surface area contributed by atoms with Crippen LogP contribution in [0.15, 0.2) is 42.0 Å². The third-order valence-electron chi connectivity index (χ3n) is 3.53. The topological polar surface area (TPSA) is 66.6 Å². The van der Waals surface area contributed by atoms with Crippen molar-refractivity contribution in [2.75, 3.05) is 6.54 Å². The van der Waals surface area contributed by atoms with Gasteiger partial charge in [0.1, 0.15) is 16.9 Å². The molecule has 5 nitrogen and oxygen atoms in total. The summed E-state index contributed by atoms with van der Waals surface area (Å²) < 4.78 is 1.75. The summed E-state index contributed by atoms with van der Waals surface area (Å²) in [5.74, 6) is -0.255. The van der Waals surface area contributed by atoms with Crippen LogP contribution in [0.1, 0.15) is 27.9 Å². The zero-order chi connectivity index (χ0) is 15.7. The van der Waals surface area contributed by atoms with Crippen LogP contribution in [-0.2, 0) is 5.60 Å². The molecule has 0 aromatic carbocycles. The molecular weight excluding hydrogens is 298 g/mol. The number of amides is 1. The number of thiophene rings is 1. The highest BCUT2D eigenvalue weighted by atomic mass is 32.1. The Kier molecular flexibility index (Phi) is 3.72. The smallest absolute Gasteiger partial charge is 0.270 e. The van der Waals surface area contributed by atoms with Crippen LogP contribution in [-0.4, -0.2) is 26.9 Å². The molecule has 3 aromatic heterocycles. The third-order valence-corrected chi connectivity index (χ3v) is 4.65. The summed E-state index contributed by atoms with van der Waals surface area (Å²) in [7, 11) is 0. The number of aliphatic hydroxyl groups is 1. The highest BCUT2D eigenvalue weighted by molar-refractivity contribution is 7.10. The number of pyridine rings is 1. The van der Waals surface area contributed by atoms with Gasteiger partial charge in [0.05, 0.1) is 12.7 Å². The molecule has 1 atom stereocenters. The van der Waals surface area contributed by atoms with Gasteiger partial charge in [-0.3, -0.25) is 9.20 Å². The average Bonchev–Trinajstić information content (AvgIpc) is 3.14. The Hall–Kier alpha value is -2.18. The van der Waals surface area contributed by atoms with Crippen LogP contribution >= 0.6 is 11.3 Å². The lowest BCUT2D eigenvalue weighted by molar-refractivity contribution is 0.0555. The van der Waals surface area contributed by atoms with E-state index in [4.69, 9.17) is 0 Å². The summed E-state index contributed by atoms with van der Waals surface area (Å²) in [5.41, 5.74) is 1.15. The summed E-state index contributed by atoms with van der Waals surface area (Å²) in [6, 6.07) is 7.55. The molecule has 0 saturated carbocycles. The van der Waals surface area contributed by atoms with Gasteiger partial charge in [0.25, 0.3) is 5.91 Å². The summed E-state index contributed by atoms with van der Waals surface area (Å²) in [6.45, 7) is 3.80. The maximum Gasteiger partial charge on any atom is 0.270 e. The molecular formula is C16H17N3O2S. The minimum atomic E-state index is -1.08. The van der Waals surface area contributed by atoms with E-state index in [9.17, 15) is 9.90 Å². The van der Waals surface area contributed by atoms with Crippen LogP contribution in [0.5, 0.6) is 0 Å². The van der Waals surface area contributed by atoms with E-state index in [1.54, 1.807) is 17.5 Å². The fraction of sp³-hybridized carbons (Fsp3) is 0.250. The SMILES string of the molecule is Cc1ccc2ncc(C(=O)NCC(C)(O)c3cccs3)n2c1. The number of aromatic nitrogens is 2. The third kappa shape index (κ3) is 2.75. The van der Waals surface area contributed by atoms with Crippen LogP contribution in [0.2, 0.25) is 0 Å². The Morgan fingerprint density at radius 2 is 2.27 bits per heavy atom. The molecule has 1 amide bonds. The lowest BCUT2D eigenvalue weighted by atomic mass is 10.1. The Bertz CT molecular complexity index is 806. The molecule has 0 aliphatic rings. The maximum absolute atomic E-state index is 12.4. The lowest BCUT2D eigenvalue weighted by Gasteiger charge is -2.22. The number of rotatable bonds is 4. The van der Waals surface area contributed by atoms with Crippen molar-refractivity contribution >= 4 is 22.9 Å². The van der Waals surface area contributed by atoms with Crippen LogP contribution in [0.25, 0.3) is 5.65 Å². The minimum Gasteiger partial charge on any atom is -0.383 e. The molecule has 0 aliphatic heterocycles. The van der Waals surface area contributed by atoms with Crippen molar-refractivity contribution in [2.45, 2.75) is 19.4 Å². The standard InChI is InChI=1S/C16H17N3O2S/c1-11-5-6-14-17-8-12(19(14)9-11)15(20)18-10-16(2,21)13-4-3-7-22-13/h3-9,21H,10H2,1-2H3,(H,18,20). The second kappa shape index (κ2) is 5.55. The van der Waals surface area contributed by atoms with Crippen LogP contribution in [0, 0.1) is 6.92 Å². The molecule has 2 N–H and O–H groups in total. The van der Waals surface area contributed by atoms with Gasteiger partial charge in [0.2, 0.25) is 0 Å². The van der Waals surface area contributed by atoms with Gasteiger partial charge < -0.3 is 10.4 Å². The Morgan fingerprint density at radius 3 is 3.00 bits per heavy atom. The number of imidazole rings is 1. The fourth-order valence-electron chi connectivity index (χ4n) is 2.27. The largest absolute Gasteiger partial charge is 0.383 e. The maximum atomic E-state index is 12.4. The second-order valence-electron chi connectivity index (χ2n) is 5.51. The van der Waals surface area contributed by atoms with Gasteiger partial charge in [-0.1, -0.05) is 12.1 Å². The van der Waals surface area contributed by atoms with Crippen LogP contribution in [0.3, 0.4) is 0 Å². The second-order valence-corrected chi connectivity index (χ2v) is 6.46. The molecule has 3 aromatic rings. The fourth-order valence-corrected chi connectivity index (χ4v) is 3.06. The molecule has 6 heteroatoms. The van der Waals surface area contributed by atoms with Gasteiger partial charge >= 0.3 is 0 Å². The zero-order valence-electron chi connectivity index (χ0n) is 12.4. The summed E-state index contributed by atoms with van der Waals surface area (Å²) in [6.07, 6.45) is 3.42. The van der Waals surface area contributed by atoms with Crippen molar-refractivity contribution in [3.8, 4) is 0 Å². The van der Waals surface area contributed by atoms with E-state index in [0.717, 1.165) is 16.1 Å². The first kappa shape index (κ1) is 14.7. The molecule has 0 saturated heterocycles. The van der Waals surface area contributed by atoms with Crippen molar-refractivity contribution < 1.29 is 9.90 Å². The number of hydrogen-bond donors (Lipinski definition) is 2. The summed E-state index contributed by atoms with van der Waals surface area (Å²) in [4.78, 5) is 17.4. The first-order valence-corrected chi connectivity index (χ1v) is 7.83. The van der Waals surface area contributed by atoms with E-state index in [0.29, 0.717) is 5.69 Å². The first-order chi connectivity index (χ1) is 10.5. The monoisotopic (exact) mass is 315 g/mol. The predicted octanol–water partition coefficient (Wildman–Crippen LogP) is 2.34. The van der Waals surface area contributed by atoms with Gasteiger partial charge in [0, 0.05) is 11.1 Å². The highest BCUT2D eigenvalue weighted by Crippen LogP contribution is 2.24. The Balaban J connectivity index is 1.78. The molecule has 22 heavy (non-hydrogen) atoms. The van der Waals surface area contributed by atoms with Crippen molar-refractivity contribution in [1.82, 2.24) is 14.7 Å². The van der Waals surface area contributed by atoms with E-state index in [1.807, 2.05) is 42.8 Å². The number of fused-ring (bicyclic) bond motifs is 1. The van der Waals surface area contributed by atoms with E-state index in [-0.39, 0.29) is 12.5 Å². The molecule has 0 aliphatic carbocycles. The van der Waals surface area contributed by atoms with Gasteiger partial charge in [0.15, 0.2) is 0 Å². The molecule has 0 spiro atoms. The molecule has 114 valence electrons. The molecule has 3 rings (SSSR count). The van der Waals surface area contributed by atoms with E-state index in [1.165, 1.54) is 11.3 Å². The predicted molar refractivity (Wildman–Crippen MR) is 86.2 cm³/mol. The summed E-state index contributed by atoms with van der Waals surface area (Å²) in [5, 5.41) is 15.1. The number of carbonyl (C=O) groups is 1. The van der Waals surface area contributed by atoms with Crippen molar-refractivity contribution in [1.29, 1.82) is 0 Å². The lowest BCUT2D eigenvalue weighted by Crippen LogP contribution is -2.38. The van der Waals surface area contributed by atoms with E-state index >= 15 is 0 Å². The van der Waals surface area contributed by atoms with E-state index in [2.05, 4.69) is 10.3 Å². The van der Waals surface area contributed by atoms with Crippen molar-refractivity contribution in [3.63, 3.8) is 0 Å². The van der Waals surface area contributed by atoms with Crippen LogP contribution in [0.4, 0.5) is 0 Å². The zero-order valence-corrected chi connectivity index (χ0v) is 13.2. The number of nitrogens with one attached hydrogen (secondary N) is 1. The quantitative estimate of drug-likeness (QED) is 0.776. The molecule has 1 unspecified atom stereocenters. The molecule has 0 bridgehead atoms. The van der Waals surface area contributed by atoms with E-state index < -0.39 is 5.60 Å². The minimum absolute atomic E-state index is 0.144. The number of aryl methyl sites for hydroxylation is 1. The number of nitrogens with zero attached hydrogens (tertiary/aromatic N) is 2. The first-order valence-electron chi connectivity index (χ1n) is 6.96. The molecule has 0 radical (unpaired) electrons. The molecule has 0 fully saturated rings. The van der Waals surface area contributed by atoms with Gasteiger partial charge in [-0.05, 0) is 36.9 Å².